The molecule has 8 heteroatoms. The van der Waals surface area contributed by atoms with Gasteiger partial charge >= 0.3 is 6.03 Å². The molecule has 0 fully saturated rings. The molecule has 2 heterocycles. The van der Waals surface area contributed by atoms with E-state index in [1.165, 1.54) is 0 Å². The van der Waals surface area contributed by atoms with Gasteiger partial charge in [-0.05, 0) is 37.6 Å². The number of carbonyl (C=O) groups is 1. The molecular formula is C19H23N5O3. The van der Waals surface area contributed by atoms with E-state index in [0.717, 1.165) is 22.2 Å². The Labute approximate surface area is 157 Å². The highest BCUT2D eigenvalue weighted by Crippen LogP contribution is 2.25. The molecule has 0 bridgehead atoms. The molecule has 0 saturated heterocycles. The quantitative estimate of drug-likeness (QED) is 0.530. The number of nitrogens with zero attached hydrogens (tertiary/aromatic N) is 2. The maximum absolute atomic E-state index is 11.6. The lowest BCUT2D eigenvalue weighted by atomic mass is 10.1. The number of fused-ring (bicyclic) bond motifs is 1. The summed E-state index contributed by atoms with van der Waals surface area (Å²) in [5, 5.41) is 5.34. The Bertz CT molecular complexity index is 892. The number of imidazole rings is 1. The minimum atomic E-state index is -0.291. The number of carbonyl (C=O) groups excluding carboxylic acids is 1. The maximum atomic E-state index is 11.6. The normalized spacial score (nSPS) is 10.7. The van der Waals surface area contributed by atoms with E-state index < -0.39 is 0 Å². The zero-order valence-corrected chi connectivity index (χ0v) is 15.4. The lowest BCUT2D eigenvalue weighted by Crippen LogP contribution is -2.28. The van der Waals surface area contributed by atoms with E-state index >= 15 is 0 Å². The van der Waals surface area contributed by atoms with E-state index in [-0.39, 0.29) is 6.03 Å². The first-order chi connectivity index (χ1) is 13.2. The maximum Gasteiger partial charge on any atom is 0.321 e. The number of amides is 2. The second-order valence-electron chi connectivity index (χ2n) is 5.73. The standard InChI is InChI=1S/C19H23N5O3/c1-3-20-19(25)24-18-22-15-7-5-13(11-16(15)23-18)14-6-8-17(21-12-14)27-10-9-26-4-2/h5-8,11-12H,3-4,9-10H2,1-2H3,(H3,20,22,23,24,25). The minimum absolute atomic E-state index is 0.291. The van der Waals surface area contributed by atoms with Gasteiger partial charge in [0.1, 0.15) is 6.61 Å². The largest absolute Gasteiger partial charge is 0.475 e. The molecule has 27 heavy (non-hydrogen) atoms. The van der Waals surface area contributed by atoms with Crippen LogP contribution in [-0.2, 0) is 4.74 Å². The van der Waals surface area contributed by atoms with Crippen molar-refractivity contribution in [2.75, 3.05) is 31.7 Å². The molecule has 3 aromatic rings. The molecule has 2 amide bonds. The smallest absolute Gasteiger partial charge is 0.321 e. The van der Waals surface area contributed by atoms with Crippen molar-refractivity contribution in [1.29, 1.82) is 0 Å². The van der Waals surface area contributed by atoms with Crippen molar-refractivity contribution in [2.24, 2.45) is 0 Å². The molecule has 0 spiro atoms. The van der Waals surface area contributed by atoms with Gasteiger partial charge < -0.3 is 19.8 Å². The number of rotatable bonds is 8. The van der Waals surface area contributed by atoms with E-state index in [2.05, 4.69) is 25.6 Å². The number of H-pyrrole nitrogens is 1. The van der Waals surface area contributed by atoms with E-state index in [0.29, 0.717) is 38.2 Å². The third-order valence-corrected chi connectivity index (χ3v) is 3.80. The molecule has 0 aliphatic heterocycles. The van der Waals surface area contributed by atoms with Gasteiger partial charge in [-0.1, -0.05) is 6.07 Å². The number of pyridine rings is 1. The van der Waals surface area contributed by atoms with Crippen molar-refractivity contribution in [3.8, 4) is 17.0 Å². The monoisotopic (exact) mass is 369 g/mol. The van der Waals surface area contributed by atoms with Crippen molar-refractivity contribution in [1.82, 2.24) is 20.3 Å². The molecule has 3 rings (SSSR count). The van der Waals surface area contributed by atoms with Gasteiger partial charge in [0.25, 0.3) is 0 Å². The number of aromatic nitrogens is 3. The summed E-state index contributed by atoms with van der Waals surface area (Å²) in [6.45, 7) is 6.04. The molecule has 2 aromatic heterocycles. The van der Waals surface area contributed by atoms with Crippen LogP contribution in [0.25, 0.3) is 22.2 Å². The zero-order valence-electron chi connectivity index (χ0n) is 15.4. The van der Waals surface area contributed by atoms with Crippen molar-refractivity contribution in [3.05, 3.63) is 36.5 Å². The Morgan fingerprint density at radius 1 is 1.15 bits per heavy atom. The van der Waals surface area contributed by atoms with Crippen LogP contribution in [0, 0.1) is 0 Å². The summed E-state index contributed by atoms with van der Waals surface area (Å²) in [7, 11) is 0. The highest BCUT2D eigenvalue weighted by Gasteiger charge is 2.08. The van der Waals surface area contributed by atoms with Gasteiger partial charge in [-0.2, -0.15) is 0 Å². The average Bonchev–Trinajstić information content (AvgIpc) is 3.07. The SMILES string of the molecule is CCNC(=O)Nc1nc2ccc(-c3ccc(OCCOCC)nc3)cc2[nH]1. The van der Waals surface area contributed by atoms with Crippen molar-refractivity contribution >= 4 is 23.0 Å². The van der Waals surface area contributed by atoms with Crippen LogP contribution < -0.4 is 15.4 Å². The summed E-state index contributed by atoms with van der Waals surface area (Å²) in [5.41, 5.74) is 3.55. The van der Waals surface area contributed by atoms with Crippen LogP contribution in [0.2, 0.25) is 0 Å². The Kier molecular flexibility index (Phi) is 6.22. The number of aromatic amines is 1. The molecule has 0 atom stereocenters. The fourth-order valence-corrected chi connectivity index (χ4v) is 2.55. The van der Waals surface area contributed by atoms with Gasteiger partial charge in [-0.3, -0.25) is 5.32 Å². The Morgan fingerprint density at radius 2 is 2.00 bits per heavy atom. The van der Waals surface area contributed by atoms with Crippen LogP contribution in [0.5, 0.6) is 5.88 Å². The van der Waals surface area contributed by atoms with Crippen LogP contribution >= 0.6 is 0 Å². The van der Waals surface area contributed by atoms with Crippen LogP contribution in [-0.4, -0.2) is 47.3 Å². The Balaban J connectivity index is 1.70. The van der Waals surface area contributed by atoms with Crippen molar-refractivity contribution in [3.63, 3.8) is 0 Å². The van der Waals surface area contributed by atoms with Crippen molar-refractivity contribution < 1.29 is 14.3 Å². The Morgan fingerprint density at radius 3 is 2.74 bits per heavy atom. The lowest BCUT2D eigenvalue weighted by Gasteiger charge is -2.06. The molecule has 0 aliphatic rings. The van der Waals surface area contributed by atoms with Crippen LogP contribution in [0.15, 0.2) is 36.5 Å². The van der Waals surface area contributed by atoms with Gasteiger partial charge in [0, 0.05) is 31.0 Å². The molecule has 0 saturated carbocycles. The number of anilines is 1. The number of nitrogens with one attached hydrogen (secondary N) is 3. The van der Waals surface area contributed by atoms with Gasteiger partial charge in [-0.25, -0.2) is 14.8 Å². The third kappa shape index (κ3) is 4.95. The molecule has 0 radical (unpaired) electrons. The molecule has 8 nitrogen and oxygen atoms in total. The molecule has 0 aliphatic carbocycles. The molecular weight excluding hydrogens is 346 g/mol. The summed E-state index contributed by atoms with van der Waals surface area (Å²) in [5.74, 6) is 0.971. The van der Waals surface area contributed by atoms with Gasteiger partial charge in [0.2, 0.25) is 11.8 Å². The second kappa shape index (κ2) is 9.00. The lowest BCUT2D eigenvalue weighted by molar-refractivity contribution is 0.108. The average molecular weight is 369 g/mol. The van der Waals surface area contributed by atoms with E-state index in [1.54, 1.807) is 6.20 Å². The predicted molar refractivity (Wildman–Crippen MR) is 104 cm³/mol. The van der Waals surface area contributed by atoms with Gasteiger partial charge in [0.15, 0.2) is 0 Å². The second-order valence-corrected chi connectivity index (χ2v) is 5.73. The van der Waals surface area contributed by atoms with Crippen LogP contribution in [0.1, 0.15) is 13.8 Å². The van der Waals surface area contributed by atoms with Crippen molar-refractivity contribution in [2.45, 2.75) is 13.8 Å². The minimum Gasteiger partial charge on any atom is -0.475 e. The van der Waals surface area contributed by atoms with Crippen LogP contribution in [0.4, 0.5) is 10.7 Å². The topological polar surface area (TPSA) is 101 Å². The first kappa shape index (κ1) is 18.7. The summed E-state index contributed by atoms with van der Waals surface area (Å²) >= 11 is 0. The van der Waals surface area contributed by atoms with Crippen LogP contribution in [0.3, 0.4) is 0 Å². The number of benzene rings is 1. The molecule has 3 N–H and O–H groups in total. The summed E-state index contributed by atoms with van der Waals surface area (Å²) in [4.78, 5) is 23.4. The van der Waals surface area contributed by atoms with E-state index in [1.807, 2.05) is 44.2 Å². The van der Waals surface area contributed by atoms with E-state index in [4.69, 9.17) is 9.47 Å². The number of urea groups is 1. The summed E-state index contributed by atoms with van der Waals surface area (Å²) in [6, 6.07) is 9.33. The summed E-state index contributed by atoms with van der Waals surface area (Å²) in [6.07, 6.45) is 1.77. The fraction of sp³-hybridized carbons (Fsp3) is 0.316. The van der Waals surface area contributed by atoms with Gasteiger partial charge in [-0.15, -0.1) is 0 Å². The molecule has 1 aromatic carbocycles. The highest BCUT2D eigenvalue weighted by atomic mass is 16.5. The summed E-state index contributed by atoms with van der Waals surface area (Å²) < 4.78 is 10.8. The third-order valence-electron chi connectivity index (χ3n) is 3.80. The Hall–Kier alpha value is -3.13. The van der Waals surface area contributed by atoms with E-state index in [9.17, 15) is 4.79 Å². The fourth-order valence-electron chi connectivity index (χ4n) is 2.55. The highest BCUT2D eigenvalue weighted by molar-refractivity contribution is 5.90. The molecule has 0 unspecified atom stereocenters. The van der Waals surface area contributed by atoms with Gasteiger partial charge in [0.05, 0.1) is 17.6 Å². The number of hydrogen-bond acceptors (Lipinski definition) is 5. The zero-order chi connectivity index (χ0) is 19.1. The first-order valence-electron chi connectivity index (χ1n) is 8.91. The number of hydrogen-bond donors (Lipinski definition) is 3. The predicted octanol–water partition coefficient (Wildman–Crippen LogP) is 3.18. The molecule has 142 valence electrons. The first-order valence-corrected chi connectivity index (χ1v) is 8.91. The number of ether oxygens (including phenoxy) is 2.